The maximum absolute atomic E-state index is 3.71. The van der Waals surface area contributed by atoms with Crippen molar-refractivity contribution in [1.82, 2.24) is 0 Å². The Morgan fingerprint density at radius 3 is 0.894 bits per heavy atom. The van der Waals surface area contributed by atoms with Crippen molar-refractivity contribution in [3.8, 4) is 22.3 Å². The van der Waals surface area contributed by atoms with E-state index in [0.29, 0.717) is 0 Å². The van der Waals surface area contributed by atoms with E-state index in [-0.39, 0.29) is 5.41 Å². The molecule has 3 N–H and O–H groups in total. The number of hydrogen-bond donors (Lipinski definition) is 3. The van der Waals surface area contributed by atoms with Crippen LogP contribution < -0.4 is 30.7 Å². The summed E-state index contributed by atoms with van der Waals surface area (Å²) >= 11 is 9.25. The van der Waals surface area contributed by atoms with E-state index in [4.69, 9.17) is 0 Å². The summed E-state index contributed by atoms with van der Waals surface area (Å²) in [4.78, 5) is 7.00. The zero-order valence-corrected chi connectivity index (χ0v) is 76.3. The van der Waals surface area contributed by atoms with Gasteiger partial charge >= 0.3 is 0 Å². The lowest BCUT2D eigenvalue weighted by Gasteiger charge is -2.26. The highest BCUT2D eigenvalue weighted by molar-refractivity contribution is 7.27. The molecule has 0 unspecified atom stereocenters. The molecule has 1 aliphatic rings. The fourth-order valence-corrected chi connectivity index (χ4v) is 24.8. The van der Waals surface area contributed by atoms with Crippen LogP contribution in [-0.2, 0) is 5.41 Å². The highest BCUT2D eigenvalue weighted by atomic mass is 32.1. The minimum Gasteiger partial charge on any atom is -0.355 e. The molecule has 26 rings (SSSR count). The molecular formula is C121H84N6S5. The van der Waals surface area contributed by atoms with Crippen LogP contribution in [0.25, 0.3) is 134 Å². The summed E-state index contributed by atoms with van der Waals surface area (Å²) in [6.45, 7) is 4.66. The SMILES string of the molecule is CC1(C)c2ccccc2-c2ccc(Nc3ccc4c(c3)sc3ccc(N(c5ccccc5)c5ccccc5)cc34)cc21.c1ccc(N(c2ccc(-c3ccc4ccccc4c3)cc2)c2ccc3sc4cc(Nc5ccc6sc7ccccc7c6c5)ccc4c3c2)cc1.c1ccc(N(c2ccccc2)c2ccc3sc4cc(Nc5ccc6sc7ccccc7c6c5)ccc4c3c2)cc1. The monoisotopic (exact) mass is 1780 g/mol. The Balaban J connectivity index is 0.000000110. The smallest absolute Gasteiger partial charge is 0.0468 e. The van der Waals surface area contributed by atoms with Crippen LogP contribution in [0.5, 0.6) is 0 Å². The highest BCUT2D eigenvalue weighted by Gasteiger charge is 2.35. The first kappa shape index (κ1) is 79.9. The summed E-state index contributed by atoms with van der Waals surface area (Å²) in [5.74, 6) is 0. The molecular weight excluding hydrogens is 1700 g/mol. The predicted octanol–water partition coefficient (Wildman–Crippen LogP) is 37.7. The number of anilines is 15. The minimum absolute atomic E-state index is 0.00978. The van der Waals surface area contributed by atoms with Gasteiger partial charge < -0.3 is 30.7 Å². The molecule has 0 amide bonds. The van der Waals surface area contributed by atoms with Crippen molar-refractivity contribution in [2.75, 3.05) is 30.7 Å². The summed E-state index contributed by atoms with van der Waals surface area (Å²) < 4.78 is 13.0. The third-order valence-corrected chi connectivity index (χ3v) is 31.3. The van der Waals surface area contributed by atoms with Crippen LogP contribution in [0.4, 0.5) is 85.3 Å². The van der Waals surface area contributed by atoms with Gasteiger partial charge in [0.2, 0.25) is 0 Å². The topological polar surface area (TPSA) is 45.8 Å². The molecule has 0 atom stereocenters. The second kappa shape index (κ2) is 33.9. The fourth-order valence-electron chi connectivity index (χ4n) is 19.2. The van der Waals surface area contributed by atoms with E-state index in [9.17, 15) is 0 Å². The molecule has 5 aromatic heterocycles. The molecule has 11 heteroatoms. The Labute approximate surface area is 785 Å². The lowest BCUT2D eigenvalue weighted by Crippen LogP contribution is -2.15. The van der Waals surface area contributed by atoms with Gasteiger partial charge in [0.25, 0.3) is 0 Å². The fraction of sp³-hybridized carbons (Fsp3) is 0.0248. The van der Waals surface area contributed by atoms with E-state index in [1.807, 2.05) is 56.7 Å². The first-order valence-electron chi connectivity index (χ1n) is 44.6. The first-order valence-corrected chi connectivity index (χ1v) is 48.7. The van der Waals surface area contributed by atoms with Gasteiger partial charge in [-0.2, -0.15) is 0 Å². The molecule has 132 heavy (non-hydrogen) atoms. The second-order valence-corrected chi connectivity index (χ2v) is 39.6. The van der Waals surface area contributed by atoms with Crippen molar-refractivity contribution in [1.29, 1.82) is 0 Å². The molecule has 0 aliphatic heterocycles. The molecule has 6 nitrogen and oxygen atoms in total. The Kier molecular flexibility index (Phi) is 20.5. The Morgan fingerprint density at radius 1 is 0.174 bits per heavy atom. The van der Waals surface area contributed by atoms with Gasteiger partial charge in [-0.05, 0) is 275 Å². The number of hydrogen-bond acceptors (Lipinski definition) is 11. The maximum atomic E-state index is 3.71. The van der Waals surface area contributed by atoms with E-state index in [2.05, 4.69) is 499 Å². The maximum Gasteiger partial charge on any atom is 0.0468 e. The van der Waals surface area contributed by atoms with E-state index in [1.165, 1.54) is 145 Å². The third-order valence-electron chi connectivity index (χ3n) is 25.6. The Hall–Kier alpha value is -15.4. The van der Waals surface area contributed by atoms with Crippen molar-refractivity contribution in [3.63, 3.8) is 0 Å². The lowest BCUT2D eigenvalue weighted by atomic mass is 9.82. The van der Waals surface area contributed by atoms with Crippen molar-refractivity contribution in [2.24, 2.45) is 0 Å². The van der Waals surface area contributed by atoms with E-state index < -0.39 is 0 Å². The molecule has 0 radical (unpaired) electrons. The van der Waals surface area contributed by atoms with Crippen molar-refractivity contribution in [2.45, 2.75) is 19.3 Å². The molecule has 628 valence electrons. The van der Waals surface area contributed by atoms with Gasteiger partial charge in [0.1, 0.15) is 0 Å². The molecule has 20 aromatic carbocycles. The summed E-state index contributed by atoms with van der Waals surface area (Å²) in [7, 11) is 0. The van der Waals surface area contributed by atoms with E-state index in [0.717, 1.165) is 85.3 Å². The molecule has 0 saturated carbocycles. The normalized spacial score (nSPS) is 12.1. The van der Waals surface area contributed by atoms with Gasteiger partial charge in [0.05, 0.1) is 0 Å². The molecule has 0 spiro atoms. The van der Waals surface area contributed by atoms with Gasteiger partial charge in [-0.3, -0.25) is 0 Å². The summed E-state index contributed by atoms with van der Waals surface area (Å²) in [6.07, 6.45) is 0. The van der Waals surface area contributed by atoms with Crippen LogP contribution in [0.3, 0.4) is 0 Å². The standard InChI is InChI=1S/C46H30N2S2.C39H30N2S.C36H24N2S2/c1-2-10-36(11-3-1)48(37-20-16-31(17-21-37)33-15-14-30-8-4-5-9-32(30)26-33)38-22-25-45-42(29-38)40-23-18-35(28-46(40)50-45)47-34-19-24-44-41(27-34)39-12-6-7-13-43(39)49-44;1-39(2)35-16-10-9-15-31(35)32-20-17-26(23-36(32)39)40-27-18-21-33-34-25-30(19-22-37(34)42-38(33)24-27)41(28-11-5-3-6-12-28)29-13-7-4-8-14-29;1-3-9-26(10-4-1)38(27-11-5-2-6-12-27)28-17-20-35-32(23-28)30-18-15-25(22-36(30)40-35)37-24-16-19-34-31(21-24)29-13-7-8-14-33(29)39-34/h1-29,47H;3-25,40H,1-2H3;1-23,37H. The number of para-hydroxylation sites is 5. The van der Waals surface area contributed by atoms with Gasteiger partial charge in [-0.25, -0.2) is 0 Å². The number of benzene rings is 20. The number of nitrogens with one attached hydrogen (secondary N) is 3. The third kappa shape index (κ3) is 15.1. The van der Waals surface area contributed by atoms with Gasteiger partial charge in [-0.1, -0.05) is 238 Å². The van der Waals surface area contributed by atoms with Crippen LogP contribution in [-0.4, -0.2) is 0 Å². The van der Waals surface area contributed by atoms with Crippen LogP contribution in [0.15, 0.2) is 455 Å². The van der Waals surface area contributed by atoms with E-state index in [1.54, 1.807) is 0 Å². The largest absolute Gasteiger partial charge is 0.355 e. The van der Waals surface area contributed by atoms with Crippen LogP contribution in [0, 0.1) is 0 Å². The number of nitrogens with zero attached hydrogens (tertiary/aromatic N) is 3. The zero-order valence-electron chi connectivity index (χ0n) is 72.2. The predicted molar refractivity (Wildman–Crippen MR) is 578 cm³/mol. The van der Waals surface area contributed by atoms with E-state index >= 15 is 0 Å². The molecule has 0 saturated heterocycles. The summed E-state index contributed by atoms with van der Waals surface area (Å²) in [5.41, 5.74) is 24.9. The molecule has 1 aliphatic carbocycles. The first-order chi connectivity index (χ1) is 65.1. The number of rotatable bonds is 16. The summed E-state index contributed by atoms with van der Waals surface area (Å²) in [6, 6.07) is 164. The quantitative estimate of drug-likeness (QED) is 0.0896. The van der Waals surface area contributed by atoms with Gasteiger partial charge in [0, 0.05) is 192 Å². The van der Waals surface area contributed by atoms with Crippen molar-refractivity contribution in [3.05, 3.63) is 466 Å². The highest BCUT2D eigenvalue weighted by Crippen LogP contribution is 2.52. The van der Waals surface area contributed by atoms with Gasteiger partial charge in [0.15, 0.2) is 0 Å². The minimum atomic E-state index is -0.00978. The lowest BCUT2D eigenvalue weighted by molar-refractivity contribution is 0.660. The van der Waals surface area contributed by atoms with Crippen LogP contribution in [0.2, 0.25) is 0 Å². The Bertz CT molecular complexity index is 8600. The molecule has 5 heterocycles. The molecule has 0 bridgehead atoms. The molecule has 25 aromatic rings. The summed E-state index contributed by atoms with van der Waals surface area (Å²) in [5, 5.41) is 26.5. The average Bonchev–Trinajstić information content (AvgIpc) is 1.58. The zero-order chi connectivity index (χ0) is 87.7. The van der Waals surface area contributed by atoms with Gasteiger partial charge in [-0.15, -0.1) is 56.7 Å². The Morgan fingerprint density at radius 2 is 0.462 bits per heavy atom. The molecule has 0 fully saturated rings. The van der Waals surface area contributed by atoms with Crippen molar-refractivity contribution >= 4 is 254 Å². The van der Waals surface area contributed by atoms with Crippen molar-refractivity contribution < 1.29 is 0 Å². The second-order valence-electron chi connectivity index (χ2n) is 34.2. The average molecular weight is 1780 g/mol. The van der Waals surface area contributed by atoms with Crippen LogP contribution >= 0.6 is 56.7 Å². The van der Waals surface area contributed by atoms with Crippen LogP contribution in [0.1, 0.15) is 25.0 Å². The number of fused-ring (bicyclic) bond motifs is 19. The number of thiophene rings is 5.